The molecule has 3 aromatic rings. The summed E-state index contributed by atoms with van der Waals surface area (Å²) in [6, 6.07) is 17.1. The summed E-state index contributed by atoms with van der Waals surface area (Å²) >= 11 is 0. The fourth-order valence-electron chi connectivity index (χ4n) is 4.31. The van der Waals surface area contributed by atoms with Gasteiger partial charge in [0.1, 0.15) is 0 Å². The van der Waals surface area contributed by atoms with E-state index in [0.29, 0.717) is 24.2 Å². The van der Waals surface area contributed by atoms with E-state index in [4.69, 9.17) is 9.62 Å². The number of carbonyl (C=O) groups excluding carboxylic acids is 2. The van der Waals surface area contributed by atoms with Crippen LogP contribution in [0.3, 0.4) is 0 Å². The minimum Gasteiger partial charge on any atom is -0.472 e. The number of hydrogen-bond donors (Lipinski definition) is 2. The Morgan fingerprint density at radius 3 is 2.34 bits per heavy atom. The van der Waals surface area contributed by atoms with Crippen LogP contribution < -0.4 is 5.48 Å². The molecule has 1 fully saturated rings. The van der Waals surface area contributed by atoms with Crippen molar-refractivity contribution in [1.29, 1.82) is 0 Å². The van der Waals surface area contributed by atoms with Crippen LogP contribution in [0.1, 0.15) is 40.1 Å². The molecule has 32 heavy (non-hydrogen) atoms. The second kappa shape index (κ2) is 9.38. The molecule has 1 aliphatic rings. The number of benzene rings is 2. The predicted molar refractivity (Wildman–Crippen MR) is 120 cm³/mol. The lowest BCUT2D eigenvalue weighted by Gasteiger charge is -2.44. The highest BCUT2D eigenvalue weighted by molar-refractivity contribution is 5.95. The summed E-state index contributed by atoms with van der Waals surface area (Å²) in [7, 11) is 0. The van der Waals surface area contributed by atoms with Crippen LogP contribution in [-0.2, 0) is 6.54 Å². The van der Waals surface area contributed by atoms with E-state index in [1.807, 2.05) is 47.4 Å². The Hall–Kier alpha value is -3.42. The van der Waals surface area contributed by atoms with Crippen LogP contribution >= 0.6 is 0 Å². The largest absolute Gasteiger partial charge is 0.472 e. The number of nitrogens with one attached hydrogen (secondary N) is 1. The number of hydrogen-bond acceptors (Lipinski definition) is 5. The van der Waals surface area contributed by atoms with Gasteiger partial charge in [0.05, 0.1) is 12.5 Å². The summed E-state index contributed by atoms with van der Waals surface area (Å²) in [6.07, 6.45) is 3.30. The summed E-state index contributed by atoms with van der Waals surface area (Å²) in [5.41, 5.74) is 5.72. The molecule has 1 saturated heterocycles. The lowest BCUT2D eigenvalue weighted by atomic mass is 10.0. The van der Waals surface area contributed by atoms with Gasteiger partial charge >= 0.3 is 0 Å². The van der Waals surface area contributed by atoms with Crippen molar-refractivity contribution in [3.05, 3.63) is 83.8 Å². The van der Waals surface area contributed by atoms with E-state index >= 15 is 0 Å². The van der Waals surface area contributed by atoms with Crippen LogP contribution in [0.4, 0.5) is 0 Å². The van der Waals surface area contributed by atoms with E-state index in [-0.39, 0.29) is 18.0 Å². The average molecular weight is 434 g/mol. The molecule has 4 rings (SSSR count). The first-order chi connectivity index (χ1) is 15.5. The number of hydroxylamine groups is 1. The molecule has 166 valence electrons. The van der Waals surface area contributed by atoms with Gasteiger partial charge < -0.3 is 9.32 Å². The van der Waals surface area contributed by atoms with Gasteiger partial charge in [-0.2, -0.15) is 0 Å². The van der Waals surface area contributed by atoms with Crippen molar-refractivity contribution in [2.45, 2.75) is 32.5 Å². The summed E-state index contributed by atoms with van der Waals surface area (Å²) in [6.45, 7) is 6.27. The Morgan fingerprint density at radius 1 is 1.00 bits per heavy atom. The van der Waals surface area contributed by atoms with Crippen LogP contribution in [0.25, 0.3) is 11.1 Å². The van der Waals surface area contributed by atoms with Gasteiger partial charge in [-0.15, -0.1) is 0 Å². The molecule has 2 amide bonds. The molecule has 0 saturated carbocycles. The molecule has 0 unspecified atom stereocenters. The number of carbonyl (C=O) groups is 2. The molecule has 0 aliphatic carbocycles. The zero-order chi connectivity index (χ0) is 22.7. The molecular formula is C25H27N3O4. The molecular weight excluding hydrogens is 406 g/mol. The van der Waals surface area contributed by atoms with Crippen molar-refractivity contribution in [3.8, 4) is 11.1 Å². The standard InChI is InChI=1S/C25H27N3O4/c1-17-13-27(25(30)22-5-3-4-21(12-22)23-10-11-32-16-23)14-18(2)28(17)15-19-6-8-20(9-7-19)24(29)26-31/h3-12,16-18,31H,13-15H2,1-2H3,(H,26,29)/t17-,18+. The zero-order valence-corrected chi connectivity index (χ0v) is 18.2. The predicted octanol–water partition coefficient (Wildman–Crippen LogP) is 3.80. The Bertz CT molecular complexity index is 1070. The van der Waals surface area contributed by atoms with Crippen molar-refractivity contribution >= 4 is 11.8 Å². The van der Waals surface area contributed by atoms with E-state index < -0.39 is 5.91 Å². The van der Waals surface area contributed by atoms with Gasteiger partial charge in [-0.1, -0.05) is 24.3 Å². The van der Waals surface area contributed by atoms with E-state index in [9.17, 15) is 9.59 Å². The van der Waals surface area contributed by atoms with Crippen LogP contribution in [0, 0.1) is 0 Å². The molecule has 2 atom stereocenters. The number of nitrogens with zero attached hydrogens (tertiary/aromatic N) is 2. The normalized spacial score (nSPS) is 19.0. The number of furan rings is 1. The maximum absolute atomic E-state index is 13.2. The van der Waals surface area contributed by atoms with Gasteiger partial charge in [0.25, 0.3) is 11.8 Å². The van der Waals surface area contributed by atoms with E-state index in [2.05, 4.69) is 18.7 Å². The molecule has 0 radical (unpaired) electrons. The highest BCUT2D eigenvalue weighted by Gasteiger charge is 2.32. The molecule has 7 heteroatoms. The zero-order valence-electron chi connectivity index (χ0n) is 18.2. The molecule has 7 nitrogen and oxygen atoms in total. The summed E-state index contributed by atoms with van der Waals surface area (Å²) < 4.78 is 5.17. The van der Waals surface area contributed by atoms with E-state index in [1.54, 1.807) is 30.1 Å². The average Bonchev–Trinajstić information content (AvgIpc) is 3.36. The lowest BCUT2D eigenvalue weighted by Crippen LogP contribution is -2.57. The minimum atomic E-state index is -0.526. The quantitative estimate of drug-likeness (QED) is 0.472. The molecule has 0 spiro atoms. The van der Waals surface area contributed by atoms with Gasteiger partial charge in [0.15, 0.2) is 0 Å². The summed E-state index contributed by atoms with van der Waals surface area (Å²) in [5.74, 6) is -0.490. The highest BCUT2D eigenvalue weighted by atomic mass is 16.5. The lowest BCUT2D eigenvalue weighted by molar-refractivity contribution is 0.0270. The SMILES string of the molecule is C[C@@H]1CN(C(=O)c2cccc(-c3ccoc3)c2)C[C@H](C)N1Cc1ccc(C(=O)NO)cc1. The molecule has 2 heterocycles. The van der Waals surface area contributed by atoms with E-state index in [1.165, 1.54) is 0 Å². The van der Waals surface area contributed by atoms with Gasteiger partial charge in [0, 0.05) is 48.4 Å². The van der Waals surface area contributed by atoms with Crippen molar-refractivity contribution in [3.63, 3.8) is 0 Å². The fourth-order valence-corrected chi connectivity index (χ4v) is 4.31. The summed E-state index contributed by atoms with van der Waals surface area (Å²) in [4.78, 5) is 29.0. The third-order valence-corrected chi connectivity index (χ3v) is 6.04. The smallest absolute Gasteiger partial charge is 0.274 e. The van der Waals surface area contributed by atoms with Gasteiger partial charge in [-0.05, 0) is 55.3 Å². The Morgan fingerprint density at radius 2 is 1.72 bits per heavy atom. The first-order valence-electron chi connectivity index (χ1n) is 10.7. The molecule has 0 bridgehead atoms. The van der Waals surface area contributed by atoms with Crippen LogP contribution in [0.15, 0.2) is 71.5 Å². The monoisotopic (exact) mass is 433 g/mol. The topological polar surface area (TPSA) is 86.0 Å². The molecule has 1 aromatic heterocycles. The number of piperazine rings is 1. The third kappa shape index (κ3) is 4.59. The summed E-state index contributed by atoms with van der Waals surface area (Å²) in [5, 5.41) is 8.76. The van der Waals surface area contributed by atoms with Crippen LogP contribution in [-0.4, -0.2) is 52.0 Å². The number of rotatable bonds is 5. The first-order valence-corrected chi connectivity index (χ1v) is 10.7. The van der Waals surface area contributed by atoms with E-state index in [0.717, 1.165) is 23.2 Å². The molecule has 2 aromatic carbocycles. The molecule has 1 aliphatic heterocycles. The maximum Gasteiger partial charge on any atom is 0.274 e. The van der Waals surface area contributed by atoms with Crippen molar-refractivity contribution in [1.82, 2.24) is 15.3 Å². The second-order valence-corrected chi connectivity index (χ2v) is 8.31. The minimum absolute atomic E-state index is 0.0352. The van der Waals surface area contributed by atoms with Gasteiger partial charge in [0.2, 0.25) is 0 Å². The Balaban J connectivity index is 1.43. The van der Waals surface area contributed by atoms with Crippen LogP contribution in [0.2, 0.25) is 0 Å². The van der Waals surface area contributed by atoms with Crippen LogP contribution in [0.5, 0.6) is 0 Å². The first kappa shape index (κ1) is 21.8. The molecule has 2 N–H and O–H groups in total. The third-order valence-electron chi connectivity index (χ3n) is 6.04. The Kier molecular flexibility index (Phi) is 6.39. The van der Waals surface area contributed by atoms with Crippen molar-refractivity contribution in [2.24, 2.45) is 0 Å². The fraction of sp³-hybridized carbons (Fsp3) is 0.280. The Labute approximate surface area is 187 Å². The van der Waals surface area contributed by atoms with Gasteiger partial charge in [-0.25, -0.2) is 5.48 Å². The van der Waals surface area contributed by atoms with Gasteiger partial charge in [-0.3, -0.25) is 19.7 Å². The second-order valence-electron chi connectivity index (χ2n) is 8.31. The van der Waals surface area contributed by atoms with Crippen molar-refractivity contribution < 1.29 is 19.2 Å². The highest BCUT2D eigenvalue weighted by Crippen LogP contribution is 2.24. The van der Waals surface area contributed by atoms with Crippen molar-refractivity contribution in [2.75, 3.05) is 13.1 Å². The number of amides is 2. The maximum atomic E-state index is 13.2.